The summed E-state index contributed by atoms with van der Waals surface area (Å²) in [6.07, 6.45) is 1.80. The molecule has 0 aliphatic rings. The van der Waals surface area contributed by atoms with Crippen molar-refractivity contribution < 1.29 is 0 Å². The number of aryl methyl sites for hydroxylation is 2. The van der Waals surface area contributed by atoms with Crippen LogP contribution < -0.4 is 5.32 Å². The molecule has 3 rings (SSSR count). The minimum absolute atomic E-state index is 0.759. The molecule has 0 saturated carbocycles. The van der Waals surface area contributed by atoms with Crippen molar-refractivity contribution in [1.82, 2.24) is 24.8 Å². The van der Waals surface area contributed by atoms with Crippen molar-refractivity contribution in [3.63, 3.8) is 0 Å². The Morgan fingerprint density at radius 1 is 1.10 bits per heavy atom. The van der Waals surface area contributed by atoms with E-state index in [2.05, 4.69) is 43.0 Å². The summed E-state index contributed by atoms with van der Waals surface area (Å²) < 4.78 is 2.24. The number of hydrogen-bond acceptors (Lipinski definition) is 4. The average molecular weight is 281 g/mol. The molecule has 0 aliphatic carbocycles. The zero-order valence-electron chi connectivity index (χ0n) is 12.4. The van der Waals surface area contributed by atoms with E-state index in [0.29, 0.717) is 0 Å². The van der Waals surface area contributed by atoms with Crippen LogP contribution in [0.4, 0.5) is 0 Å². The molecule has 0 bridgehead atoms. The molecule has 0 unspecified atom stereocenters. The van der Waals surface area contributed by atoms with Gasteiger partial charge in [-0.3, -0.25) is 0 Å². The van der Waals surface area contributed by atoms with Gasteiger partial charge in [0.2, 0.25) is 0 Å². The van der Waals surface area contributed by atoms with E-state index < -0.39 is 0 Å². The van der Waals surface area contributed by atoms with E-state index in [1.165, 1.54) is 5.52 Å². The Morgan fingerprint density at radius 3 is 2.81 bits per heavy atom. The summed E-state index contributed by atoms with van der Waals surface area (Å²) in [5, 5.41) is 3.42. The number of nitrogens with one attached hydrogen (secondary N) is 1. The van der Waals surface area contributed by atoms with Crippen molar-refractivity contribution in [1.29, 1.82) is 0 Å². The molecule has 1 N–H and O–H groups in total. The van der Waals surface area contributed by atoms with Crippen molar-refractivity contribution >= 4 is 11.0 Å². The molecule has 2 heterocycles. The highest BCUT2D eigenvalue weighted by atomic mass is 15.1. The Balaban J connectivity index is 1.61. The van der Waals surface area contributed by atoms with Crippen LogP contribution in [0.3, 0.4) is 0 Å². The Hall–Kier alpha value is -2.27. The molecule has 0 amide bonds. The highest BCUT2D eigenvalue weighted by Gasteiger charge is 2.05. The fraction of sp³-hybridized carbons (Fsp3) is 0.312. The van der Waals surface area contributed by atoms with E-state index in [1.54, 1.807) is 6.20 Å². The number of rotatable bonds is 5. The largest absolute Gasteiger partial charge is 0.327 e. The smallest absolute Gasteiger partial charge is 0.125 e. The number of hydrogen-bond donors (Lipinski definition) is 1. The van der Waals surface area contributed by atoms with Crippen LogP contribution in [0.15, 0.2) is 36.5 Å². The zero-order chi connectivity index (χ0) is 14.7. The molecular weight excluding hydrogens is 262 g/mol. The molecule has 0 spiro atoms. The lowest BCUT2D eigenvalue weighted by Crippen LogP contribution is -2.20. The van der Waals surface area contributed by atoms with Gasteiger partial charge in [0.1, 0.15) is 11.6 Å². The van der Waals surface area contributed by atoms with Crippen LogP contribution in [0.2, 0.25) is 0 Å². The van der Waals surface area contributed by atoms with Crippen LogP contribution in [-0.4, -0.2) is 26.1 Å². The van der Waals surface area contributed by atoms with E-state index in [0.717, 1.165) is 42.5 Å². The first-order valence-corrected chi connectivity index (χ1v) is 7.15. The van der Waals surface area contributed by atoms with Gasteiger partial charge in [-0.1, -0.05) is 12.1 Å². The van der Waals surface area contributed by atoms with Gasteiger partial charge >= 0.3 is 0 Å². The van der Waals surface area contributed by atoms with Crippen LogP contribution in [0.1, 0.15) is 17.3 Å². The van der Waals surface area contributed by atoms with E-state index in [1.807, 2.05) is 26.0 Å². The fourth-order valence-corrected chi connectivity index (χ4v) is 2.49. The molecular formula is C16H19N5. The number of fused-ring (bicyclic) bond motifs is 1. The molecule has 3 aromatic rings. The monoisotopic (exact) mass is 281 g/mol. The second kappa shape index (κ2) is 6.01. The SMILES string of the molecule is Cc1nccc(CNCCn2c(C)nc3ccccc32)n1. The van der Waals surface area contributed by atoms with Crippen LogP contribution >= 0.6 is 0 Å². The summed E-state index contributed by atoms with van der Waals surface area (Å²) in [6.45, 7) is 6.49. The molecule has 0 aliphatic heterocycles. The highest BCUT2D eigenvalue weighted by molar-refractivity contribution is 5.75. The third-order valence-corrected chi connectivity index (χ3v) is 3.50. The summed E-state index contributed by atoms with van der Waals surface area (Å²) in [7, 11) is 0. The number of nitrogens with zero attached hydrogens (tertiary/aromatic N) is 4. The topological polar surface area (TPSA) is 55.6 Å². The van der Waals surface area contributed by atoms with E-state index in [-0.39, 0.29) is 0 Å². The van der Waals surface area contributed by atoms with Crippen LogP contribution in [0.25, 0.3) is 11.0 Å². The third kappa shape index (κ3) is 3.08. The van der Waals surface area contributed by atoms with E-state index >= 15 is 0 Å². The molecule has 0 radical (unpaired) electrons. The van der Waals surface area contributed by atoms with Crippen molar-refractivity contribution in [3.8, 4) is 0 Å². The van der Waals surface area contributed by atoms with Crippen LogP contribution in [0.5, 0.6) is 0 Å². The molecule has 108 valence electrons. The first-order chi connectivity index (χ1) is 10.2. The maximum atomic E-state index is 4.58. The normalized spacial score (nSPS) is 11.1. The van der Waals surface area contributed by atoms with E-state index in [4.69, 9.17) is 0 Å². The Bertz CT molecular complexity index is 747. The number of para-hydroxylation sites is 2. The Morgan fingerprint density at radius 2 is 1.95 bits per heavy atom. The van der Waals surface area contributed by atoms with Gasteiger partial charge in [0.05, 0.1) is 16.7 Å². The molecule has 5 heteroatoms. The van der Waals surface area contributed by atoms with Gasteiger partial charge in [0.15, 0.2) is 0 Å². The average Bonchev–Trinajstić information content (AvgIpc) is 2.79. The highest BCUT2D eigenvalue weighted by Crippen LogP contribution is 2.14. The molecule has 0 atom stereocenters. The molecule has 0 fully saturated rings. The maximum absolute atomic E-state index is 4.58. The van der Waals surface area contributed by atoms with Crippen LogP contribution in [-0.2, 0) is 13.1 Å². The van der Waals surface area contributed by atoms with Gasteiger partial charge in [-0.05, 0) is 32.0 Å². The Kier molecular flexibility index (Phi) is 3.92. The third-order valence-electron chi connectivity index (χ3n) is 3.50. The minimum atomic E-state index is 0.759. The number of aromatic nitrogens is 4. The van der Waals surface area contributed by atoms with Gasteiger partial charge in [-0.15, -0.1) is 0 Å². The lowest BCUT2D eigenvalue weighted by Gasteiger charge is -2.08. The summed E-state index contributed by atoms with van der Waals surface area (Å²) in [6, 6.07) is 10.2. The van der Waals surface area contributed by atoms with Gasteiger partial charge in [0.25, 0.3) is 0 Å². The maximum Gasteiger partial charge on any atom is 0.125 e. The lowest BCUT2D eigenvalue weighted by atomic mass is 10.3. The predicted octanol–water partition coefficient (Wildman–Crippen LogP) is 2.23. The van der Waals surface area contributed by atoms with Gasteiger partial charge in [-0.25, -0.2) is 15.0 Å². The summed E-state index contributed by atoms with van der Waals surface area (Å²) in [5.41, 5.74) is 3.27. The molecule has 1 aromatic carbocycles. The predicted molar refractivity (Wildman–Crippen MR) is 82.9 cm³/mol. The van der Waals surface area contributed by atoms with Gasteiger partial charge in [0, 0.05) is 25.8 Å². The summed E-state index contributed by atoms with van der Waals surface area (Å²) >= 11 is 0. The lowest BCUT2D eigenvalue weighted by molar-refractivity contribution is 0.591. The molecule has 0 saturated heterocycles. The quantitative estimate of drug-likeness (QED) is 0.729. The number of benzene rings is 1. The van der Waals surface area contributed by atoms with Crippen LogP contribution in [0, 0.1) is 13.8 Å². The fourth-order valence-electron chi connectivity index (χ4n) is 2.49. The molecule has 21 heavy (non-hydrogen) atoms. The standard InChI is InChI=1S/C16H19N5/c1-12-18-8-7-14(19-12)11-17-9-10-21-13(2)20-15-5-3-4-6-16(15)21/h3-8,17H,9-11H2,1-2H3. The molecule has 5 nitrogen and oxygen atoms in total. The van der Waals surface area contributed by atoms with E-state index in [9.17, 15) is 0 Å². The zero-order valence-corrected chi connectivity index (χ0v) is 12.4. The summed E-state index contributed by atoms with van der Waals surface area (Å²) in [5.74, 6) is 1.86. The Labute approximate surface area is 124 Å². The van der Waals surface area contributed by atoms with Crippen molar-refractivity contribution in [3.05, 3.63) is 53.9 Å². The minimum Gasteiger partial charge on any atom is -0.327 e. The van der Waals surface area contributed by atoms with Gasteiger partial charge in [-0.2, -0.15) is 0 Å². The first-order valence-electron chi connectivity index (χ1n) is 7.15. The first kappa shape index (κ1) is 13.7. The van der Waals surface area contributed by atoms with Crippen molar-refractivity contribution in [2.24, 2.45) is 0 Å². The summed E-state index contributed by atoms with van der Waals surface area (Å²) in [4.78, 5) is 13.1. The van der Waals surface area contributed by atoms with Gasteiger partial charge < -0.3 is 9.88 Å². The van der Waals surface area contributed by atoms with Crippen molar-refractivity contribution in [2.75, 3.05) is 6.54 Å². The molecule has 2 aromatic heterocycles. The number of imidazole rings is 1. The second-order valence-electron chi connectivity index (χ2n) is 5.07. The second-order valence-corrected chi connectivity index (χ2v) is 5.07. The van der Waals surface area contributed by atoms with Crippen molar-refractivity contribution in [2.45, 2.75) is 26.9 Å².